The highest BCUT2D eigenvalue weighted by molar-refractivity contribution is 6.34. The number of benzene rings is 1. The van der Waals surface area contributed by atoms with Gasteiger partial charge in [0.15, 0.2) is 0 Å². The molecule has 1 aromatic rings. The standard InChI is InChI=1S/C16H18Cl2O/c1-19-14-8-4-12(5-9-14)11-16(18)15(3-2-10-17)13-6-7-13/h3-5,8-9,11,13H,2,6-7,10H2,1H3/b15-3-,16-11-. The van der Waals surface area contributed by atoms with E-state index in [-0.39, 0.29) is 0 Å². The molecule has 19 heavy (non-hydrogen) atoms. The van der Waals surface area contributed by atoms with E-state index in [1.807, 2.05) is 30.3 Å². The first-order chi connectivity index (χ1) is 9.24. The zero-order valence-electron chi connectivity index (χ0n) is 11.0. The largest absolute Gasteiger partial charge is 0.497 e. The number of alkyl halides is 1. The van der Waals surface area contributed by atoms with Gasteiger partial charge in [0.05, 0.1) is 7.11 Å². The van der Waals surface area contributed by atoms with E-state index < -0.39 is 0 Å². The number of hydrogen-bond acceptors (Lipinski definition) is 1. The molecule has 1 nitrogen and oxygen atoms in total. The minimum atomic E-state index is 0.630. The molecule has 1 aliphatic carbocycles. The highest BCUT2D eigenvalue weighted by Crippen LogP contribution is 2.42. The first-order valence-corrected chi connectivity index (χ1v) is 7.43. The minimum Gasteiger partial charge on any atom is -0.497 e. The Morgan fingerprint density at radius 1 is 1.32 bits per heavy atom. The summed E-state index contributed by atoms with van der Waals surface area (Å²) in [5, 5.41) is 0.831. The summed E-state index contributed by atoms with van der Waals surface area (Å²) in [5.41, 5.74) is 2.33. The van der Waals surface area contributed by atoms with Crippen LogP contribution in [0.4, 0.5) is 0 Å². The average molecular weight is 297 g/mol. The number of allylic oxidation sites excluding steroid dienone is 3. The van der Waals surface area contributed by atoms with Crippen LogP contribution in [0.3, 0.4) is 0 Å². The van der Waals surface area contributed by atoms with E-state index in [9.17, 15) is 0 Å². The monoisotopic (exact) mass is 296 g/mol. The fraction of sp³-hybridized carbons (Fsp3) is 0.375. The van der Waals surface area contributed by atoms with Crippen LogP contribution in [-0.2, 0) is 0 Å². The van der Waals surface area contributed by atoms with E-state index >= 15 is 0 Å². The second-order valence-corrected chi connectivity index (χ2v) is 5.46. The van der Waals surface area contributed by atoms with E-state index in [2.05, 4.69) is 6.08 Å². The van der Waals surface area contributed by atoms with Gasteiger partial charge in [-0.15, -0.1) is 11.6 Å². The zero-order chi connectivity index (χ0) is 13.7. The van der Waals surface area contributed by atoms with Crippen LogP contribution in [0.15, 0.2) is 40.9 Å². The summed E-state index contributed by atoms with van der Waals surface area (Å²) in [4.78, 5) is 0. The van der Waals surface area contributed by atoms with Gasteiger partial charge < -0.3 is 4.74 Å². The molecule has 0 aromatic heterocycles. The molecule has 0 amide bonds. The van der Waals surface area contributed by atoms with Crippen LogP contribution >= 0.6 is 23.2 Å². The topological polar surface area (TPSA) is 9.23 Å². The van der Waals surface area contributed by atoms with Crippen molar-refractivity contribution in [3.63, 3.8) is 0 Å². The normalized spacial score (nSPS) is 16.6. The highest BCUT2D eigenvalue weighted by Gasteiger charge is 2.27. The lowest BCUT2D eigenvalue weighted by molar-refractivity contribution is 0.415. The Hall–Kier alpha value is -0.920. The van der Waals surface area contributed by atoms with Gasteiger partial charge in [-0.3, -0.25) is 0 Å². The molecule has 102 valence electrons. The minimum absolute atomic E-state index is 0.630. The maximum absolute atomic E-state index is 6.44. The van der Waals surface area contributed by atoms with E-state index in [4.69, 9.17) is 27.9 Å². The Balaban J connectivity index is 2.14. The van der Waals surface area contributed by atoms with E-state index in [1.54, 1.807) is 7.11 Å². The summed E-state index contributed by atoms with van der Waals surface area (Å²) in [6.07, 6.45) is 7.54. The van der Waals surface area contributed by atoms with Crippen molar-refractivity contribution in [1.82, 2.24) is 0 Å². The Labute approximate surface area is 124 Å². The molecule has 0 heterocycles. The summed E-state index contributed by atoms with van der Waals surface area (Å²) in [7, 11) is 1.66. The molecule has 3 heteroatoms. The second-order valence-electron chi connectivity index (χ2n) is 4.68. The van der Waals surface area contributed by atoms with Gasteiger partial charge >= 0.3 is 0 Å². The van der Waals surface area contributed by atoms with Gasteiger partial charge in [0.25, 0.3) is 0 Å². The quantitative estimate of drug-likeness (QED) is 0.515. The number of rotatable bonds is 6. The van der Waals surface area contributed by atoms with Crippen LogP contribution in [0.2, 0.25) is 0 Å². The predicted octanol–water partition coefficient (Wildman–Crippen LogP) is 5.24. The zero-order valence-corrected chi connectivity index (χ0v) is 12.5. The van der Waals surface area contributed by atoms with Crippen molar-refractivity contribution in [1.29, 1.82) is 0 Å². The predicted molar refractivity (Wildman–Crippen MR) is 83.0 cm³/mol. The fourth-order valence-corrected chi connectivity index (χ4v) is 2.46. The number of hydrogen-bond donors (Lipinski definition) is 0. The molecule has 1 saturated carbocycles. The molecular weight excluding hydrogens is 279 g/mol. The smallest absolute Gasteiger partial charge is 0.118 e. The summed E-state index contributed by atoms with van der Waals surface area (Å²) in [5.74, 6) is 2.13. The summed E-state index contributed by atoms with van der Waals surface area (Å²) < 4.78 is 5.14. The van der Waals surface area contributed by atoms with Crippen molar-refractivity contribution in [2.45, 2.75) is 19.3 Å². The molecule has 1 aliphatic rings. The van der Waals surface area contributed by atoms with Crippen LogP contribution in [-0.4, -0.2) is 13.0 Å². The lowest BCUT2D eigenvalue weighted by atomic mass is 10.1. The average Bonchev–Trinajstić information content (AvgIpc) is 3.25. The van der Waals surface area contributed by atoms with E-state index in [0.717, 1.165) is 22.8 Å². The molecule has 2 rings (SSSR count). The van der Waals surface area contributed by atoms with Gasteiger partial charge in [0.2, 0.25) is 0 Å². The molecule has 0 unspecified atom stereocenters. The van der Waals surface area contributed by atoms with Crippen molar-refractivity contribution in [2.75, 3.05) is 13.0 Å². The highest BCUT2D eigenvalue weighted by atomic mass is 35.5. The molecule has 0 aliphatic heterocycles. The SMILES string of the molecule is COc1ccc(/C=C(Cl)/C(=C\CCCl)C2CC2)cc1. The first-order valence-electron chi connectivity index (χ1n) is 6.52. The first kappa shape index (κ1) is 14.5. The number of halogens is 2. The van der Waals surface area contributed by atoms with Crippen LogP contribution in [0.25, 0.3) is 6.08 Å². The maximum Gasteiger partial charge on any atom is 0.118 e. The summed E-state index contributed by atoms with van der Waals surface area (Å²) in [6.45, 7) is 0. The number of ether oxygens (including phenoxy) is 1. The molecule has 1 aromatic carbocycles. The molecule has 0 N–H and O–H groups in total. The van der Waals surface area contributed by atoms with Crippen molar-refractivity contribution in [3.8, 4) is 5.75 Å². The molecule has 1 fully saturated rings. The lowest BCUT2D eigenvalue weighted by Gasteiger charge is -2.05. The fourth-order valence-electron chi connectivity index (χ4n) is 1.99. The lowest BCUT2D eigenvalue weighted by Crippen LogP contribution is -1.88. The molecular formula is C16H18Cl2O. The van der Waals surface area contributed by atoms with Crippen LogP contribution in [0, 0.1) is 5.92 Å². The second kappa shape index (κ2) is 7.02. The molecule has 0 atom stereocenters. The van der Waals surface area contributed by atoms with Gasteiger partial charge in [-0.25, -0.2) is 0 Å². The van der Waals surface area contributed by atoms with Crippen molar-refractivity contribution < 1.29 is 4.74 Å². The Kier molecular flexibility index (Phi) is 5.35. The molecule has 0 spiro atoms. The molecule has 0 radical (unpaired) electrons. The van der Waals surface area contributed by atoms with Gasteiger partial charge in [-0.2, -0.15) is 0 Å². The maximum atomic E-state index is 6.44. The van der Waals surface area contributed by atoms with E-state index in [1.165, 1.54) is 18.4 Å². The third kappa shape index (κ3) is 4.29. The Bertz CT molecular complexity index is 470. The van der Waals surface area contributed by atoms with Gasteiger partial charge in [-0.1, -0.05) is 29.8 Å². The van der Waals surface area contributed by atoms with Gasteiger partial charge in [-0.05, 0) is 54.5 Å². The summed E-state index contributed by atoms with van der Waals surface area (Å²) in [6, 6.07) is 7.89. The van der Waals surface area contributed by atoms with Crippen LogP contribution in [0.5, 0.6) is 5.75 Å². The van der Waals surface area contributed by atoms with Gasteiger partial charge in [0.1, 0.15) is 5.75 Å². The van der Waals surface area contributed by atoms with Crippen molar-refractivity contribution >= 4 is 29.3 Å². The van der Waals surface area contributed by atoms with Crippen LogP contribution < -0.4 is 4.74 Å². The van der Waals surface area contributed by atoms with E-state index in [0.29, 0.717) is 11.8 Å². The third-order valence-corrected chi connectivity index (χ3v) is 3.72. The summed E-state index contributed by atoms with van der Waals surface area (Å²) >= 11 is 12.2. The molecule has 0 bridgehead atoms. The van der Waals surface area contributed by atoms with Gasteiger partial charge in [0, 0.05) is 10.9 Å². The Morgan fingerprint density at radius 3 is 2.53 bits per heavy atom. The van der Waals surface area contributed by atoms with Crippen molar-refractivity contribution in [2.24, 2.45) is 5.92 Å². The van der Waals surface area contributed by atoms with Crippen LogP contribution in [0.1, 0.15) is 24.8 Å². The molecule has 0 saturated heterocycles. The third-order valence-electron chi connectivity index (χ3n) is 3.18. The Morgan fingerprint density at radius 2 is 2.00 bits per heavy atom. The van der Waals surface area contributed by atoms with Crippen molar-refractivity contribution in [3.05, 3.63) is 46.5 Å². The number of methoxy groups -OCH3 is 1.